The largest absolute Gasteiger partial charge is 0.384 e. The molecular formula is C39H46F3N5O5. The molecule has 4 atom stereocenters. The average molecular weight is 722 g/mol. The lowest BCUT2D eigenvalue weighted by Gasteiger charge is -2.42. The molecule has 2 fully saturated rings. The van der Waals surface area contributed by atoms with Crippen molar-refractivity contribution in [1.82, 2.24) is 24.3 Å². The lowest BCUT2D eigenvalue weighted by Crippen LogP contribution is -2.53. The molecule has 0 spiro atoms. The summed E-state index contributed by atoms with van der Waals surface area (Å²) < 4.78 is 53.4. The molecule has 0 bridgehead atoms. The smallest absolute Gasteiger partial charge is 0.253 e. The Morgan fingerprint density at radius 3 is 2.37 bits per heavy atom. The monoisotopic (exact) mass is 721 g/mol. The summed E-state index contributed by atoms with van der Waals surface area (Å²) >= 11 is 0. The number of carbonyl (C=O) groups excluding carboxylic acids is 3. The summed E-state index contributed by atoms with van der Waals surface area (Å²) in [6.07, 6.45) is 5.51. The molecule has 278 valence electrons. The number of hydrogen-bond donors (Lipinski definition) is 1. The SMILES string of the molecule is C[C@H](O)C(=O)N(C1CN(CCCCCCN2C(=O)C=CC2=O)C[C@@H]1F)[C@@H](c1nc(-c2cc(F)ccc2F)cn1Cc1ccccc1)C1CCOCC1. The normalized spacial score (nSPS) is 20.9. The topological polar surface area (TPSA) is 108 Å². The summed E-state index contributed by atoms with van der Waals surface area (Å²) in [6, 6.07) is 11.0. The summed E-state index contributed by atoms with van der Waals surface area (Å²) in [5, 5.41) is 10.8. The second-order valence-electron chi connectivity index (χ2n) is 14.0. The van der Waals surface area contributed by atoms with Crippen molar-refractivity contribution in [2.24, 2.45) is 5.92 Å². The van der Waals surface area contributed by atoms with Crippen molar-refractivity contribution in [3.05, 3.63) is 89.9 Å². The molecule has 2 saturated heterocycles. The first-order chi connectivity index (χ1) is 25.1. The van der Waals surface area contributed by atoms with Crippen LogP contribution in [0.4, 0.5) is 13.2 Å². The van der Waals surface area contributed by atoms with Crippen molar-refractivity contribution in [3.63, 3.8) is 0 Å². The summed E-state index contributed by atoms with van der Waals surface area (Å²) in [6.45, 7) is 3.83. The fourth-order valence-electron chi connectivity index (χ4n) is 7.59. The number of imidazole rings is 1. The standard InChI is InChI=1S/C39H46F3N5O5/c1-26(48)39(51)47(34-25-44(23-32(34)42)17-7-2-3-8-18-46-35(49)13-14-36(46)50)37(28-15-19-52-20-16-28)38-43-33(30-21-29(40)11-12-31(30)41)24-45(38)22-27-9-5-4-6-10-27/h4-6,9-14,21,24,26,28,32,34,37,48H,2-3,7-8,15-20,22-23,25H2,1H3/t26-,32-,34?,37+/m0/s1. The molecule has 1 N–H and O–H groups in total. The summed E-state index contributed by atoms with van der Waals surface area (Å²) in [7, 11) is 0. The number of ether oxygens (including phenoxy) is 1. The van der Waals surface area contributed by atoms with Crippen molar-refractivity contribution < 1.29 is 37.4 Å². The van der Waals surface area contributed by atoms with Gasteiger partial charge in [-0.3, -0.25) is 24.2 Å². The minimum atomic E-state index is -1.43. The molecule has 6 rings (SSSR count). The van der Waals surface area contributed by atoms with Crippen LogP contribution in [-0.4, -0.2) is 105 Å². The molecule has 52 heavy (non-hydrogen) atoms. The average Bonchev–Trinajstić information content (AvgIpc) is 3.82. The second kappa shape index (κ2) is 17.0. The third-order valence-corrected chi connectivity index (χ3v) is 10.3. The van der Waals surface area contributed by atoms with Gasteiger partial charge in [0.05, 0.1) is 17.8 Å². The minimum absolute atomic E-state index is 0.0297. The maximum atomic E-state index is 16.3. The molecule has 13 heteroatoms. The van der Waals surface area contributed by atoms with Crippen LogP contribution in [0, 0.1) is 17.6 Å². The molecule has 2 aromatic carbocycles. The quantitative estimate of drug-likeness (QED) is 0.173. The number of nitrogens with zero attached hydrogens (tertiary/aromatic N) is 5. The minimum Gasteiger partial charge on any atom is -0.384 e. The zero-order valence-electron chi connectivity index (χ0n) is 29.4. The zero-order valence-corrected chi connectivity index (χ0v) is 29.4. The number of alkyl halides is 1. The first-order valence-electron chi connectivity index (χ1n) is 18.1. The first-order valence-corrected chi connectivity index (χ1v) is 18.1. The Morgan fingerprint density at radius 1 is 0.981 bits per heavy atom. The van der Waals surface area contributed by atoms with Gasteiger partial charge in [-0.1, -0.05) is 43.2 Å². The van der Waals surface area contributed by atoms with Gasteiger partial charge in [-0.2, -0.15) is 0 Å². The molecule has 10 nitrogen and oxygen atoms in total. The Hall–Kier alpha value is -4.33. The van der Waals surface area contributed by atoms with Gasteiger partial charge in [-0.25, -0.2) is 18.2 Å². The number of aliphatic hydroxyl groups is 1. The number of aliphatic hydroxyl groups excluding tert-OH is 1. The molecule has 3 aliphatic heterocycles. The molecule has 1 aromatic heterocycles. The van der Waals surface area contributed by atoms with Crippen molar-refractivity contribution in [2.75, 3.05) is 39.4 Å². The van der Waals surface area contributed by atoms with E-state index in [1.807, 2.05) is 39.8 Å². The van der Waals surface area contributed by atoms with Gasteiger partial charge in [0.15, 0.2) is 0 Å². The van der Waals surface area contributed by atoms with Crippen LogP contribution >= 0.6 is 0 Å². The molecule has 3 aromatic rings. The number of aromatic nitrogens is 2. The third-order valence-electron chi connectivity index (χ3n) is 10.3. The Balaban J connectivity index is 1.27. The second-order valence-corrected chi connectivity index (χ2v) is 14.0. The van der Waals surface area contributed by atoms with Crippen LogP contribution in [0.3, 0.4) is 0 Å². The summed E-state index contributed by atoms with van der Waals surface area (Å²) in [5.74, 6) is -2.30. The maximum Gasteiger partial charge on any atom is 0.253 e. The van der Waals surface area contributed by atoms with E-state index in [1.165, 1.54) is 28.9 Å². The van der Waals surface area contributed by atoms with E-state index in [9.17, 15) is 23.9 Å². The number of unbranched alkanes of at least 4 members (excludes halogenated alkanes) is 3. The highest BCUT2D eigenvalue weighted by Gasteiger charge is 2.47. The number of carbonyl (C=O) groups is 3. The number of imide groups is 1. The van der Waals surface area contributed by atoms with Crippen molar-refractivity contribution >= 4 is 17.7 Å². The van der Waals surface area contributed by atoms with E-state index in [0.717, 1.165) is 43.0 Å². The van der Waals surface area contributed by atoms with Crippen LogP contribution < -0.4 is 0 Å². The van der Waals surface area contributed by atoms with Crippen LogP contribution in [0.2, 0.25) is 0 Å². The third kappa shape index (κ3) is 8.65. The predicted molar refractivity (Wildman–Crippen MR) is 187 cm³/mol. The summed E-state index contributed by atoms with van der Waals surface area (Å²) in [4.78, 5) is 47.3. The van der Waals surface area contributed by atoms with E-state index in [2.05, 4.69) is 0 Å². The molecule has 0 saturated carbocycles. The molecule has 0 radical (unpaired) electrons. The van der Waals surface area contributed by atoms with Crippen molar-refractivity contribution in [1.29, 1.82) is 0 Å². The van der Waals surface area contributed by atoms with Gasteiger partial charge in [-0.05, 0) is 68.8 Å². The van der Waals surface area contributed by atoms with Gasteiger partial charge in [0.2, 0.25) is 0 Å². The van der Waals surface area contributed by atoms with Crippen LogP contribution in [-0.2, 0) is 25.7 Å². The highest BCUT2D eigenvalue weighted by Crippen LogP contribution is 2.40. The van der Waals surface area contributed by atoms with Gasteiger partial charge < -0.3 is 19.3 Å². The van der Waals surface area contributed by atoms with E-state index >= 15 is 8.78 Å². The molecule has 3 aliphatic rings. The molecule has 3 amide bonds. The highest BCUT2D eigenvalue weighted by molar-refractivity contribution is 6.12. The van der Waals surface area contributed by atoms with E-state index in [4.69, 9.17) is 9.72 Å². The van der Waals surface area contributed by atoms with Gasteiger partial charge in [-0.15, -0.1) is 0 Å². The van der Waals surface area contributed by atoms with E-state index in [1.54, 1.807) is 6.20 Å². The Labute approximate surface area is 301 Å². The maximum absolute atomic E-state index is 16.3. The first kappa shape index (κ1) is 37.4. The molecular weight excluding hydrogens is 675 g/mol. The van der Waals surface area contributed by atoms with Crippen LogP contribution in [0.25, 0.3) is 11.3 Å². The molecule has 4 heterocycles. The number of rotatable bonds is 15. The number of hydrogen-bond acceptors (Lipinski definition) is 7. The van der Waals surface area contributed by atoms with Gasteiger partial charge in [0.25, 0.3) is 17.7 Å². The fourth-order valence-corrected chi connectivity index (χ4v) is 7.59. The van der Waals surface area contributed by atoms with E-state index in [0.29, 0.717) is 57.9 Å². The molecule has 0 aliphatic carbocycles. The predicted octanol–water partition coefficient (Wildman–Crippen LogP) is 5.06. The van der Waals surface area contributed by atoms with Crippen LogP contribution in [0.1, 0.15) is 62.9 Å². The number of amides is 3. The van der Waals surface area contributed by atoms with Gasteiger partial charge in [0, 0.05) is 63.3 Å². The zero-order chi connectivity index (χ0) is 36.8. The fraction of sp³-hybridized carbons (Fsp3) is 0.487. The van der Waals surface area contributed by atoms with E-state index in [-0.39, 0.29) is 42.1 Å². The van der Waals surface area contributed by atoms with Gasteiger partial charge in [0.1, 0.15) is 29.7 Å². The Kier molecular flexibility index (Phi) is 12.2. The van der Waals surface area contributed by atoms with Crippen LogP contribution in [0.5, 0.6) is 0 Å². The van der Waals surface area contributed by atoms with E-state index < -0.39 is 41.9 Å². The highest BCUT2D eigenvalue weighted by atomic mass is 19.1. The summed E-state index contributed by atoms with van der Waals surface area (Å²) in [5.41, 5.74) is 1.07. The van der Waals surface area contributed by atoms with Crippen molar-refractivity contribution in [3.8, 4) is 11.3 Å². The van der Waals surface area contributed by atoms with Crippen molar-refractivity contribution in [2.45, 2.75) is 76.4 Å². The van der Waals surface area contributed by atoms with Crippen LogP contribution in [0.15, 0.2) is 66.9 Å². The van der Waals surface area contributed by atoms with Gasteiger partial charge >= 0.3 is 0 Å². The number of halogens is 3. The lowest BCUT2D eigenvalue weighted by atomic mass is 9.88. The Morgan fingerprint density at radius 2 is 1.67 bits per heavy atom. The number of likely N-dealkylation sites (tertiary alicyclic amines) is 1. The Bertz CT molecular complexity index is 1730. The lowest BCUT2D eigenvalue weighted by molar-refractivity contribution is -0.149. The molecule has 1 unspecified atom stereocenters. The number of benzene rings is 2.